The Balaban J connectivity index is 2.70. The maximum atomic E-state index is 11.7. The summed E-state index contributed by atoms with van der Waals surface area (Å²) in [5.74, 6) is 0.855. The van der Waals surface area contributed by atoms with Crippen molar-refractivity contribution in [2.24, 2.45) is 5.92 Å². The molecule has 1 aromatic rings. The molecule has 2 atom stereocenters. The van der Waals surface area contributed by atoms with Crippen molar-refractivity contribution in [1.82, 2.24) is 9.97 Å². The molecule has 1 aromatic heterocycles. The summed E-state index contributed by atoms with van der Waals surface area (Å²) in [4.78, 5) is 20.2. The molecule has 1 rings (SSSR count). The molecule has 2 unspecified atom stereocenters. The molecule has 1 N–H and O–H groups in total. The predicted molar refractivity (Wildman–Crippen MR) is 79.9 cm³/mol. The summed E-state index contributed by atoms with van der Waals surface area (Å²) in [6.07, 6.45) is 3.75. The first-order valence-corrected chi connectivity index (χ1v) is 7.25. The second-order valence-corrected chi connectivity index (χ2v) is 5.21. The number of ether oxygens (including phenoxy) is 1. The van der Waals surface area contributed by atoms with Crippen LogP contribution in [0.2, 0.25) is 0 Å². The lowest BCUT2D eigenvalue weighted by Gasteiger charge is -2.17. The van der Waals surface area contributed by atoms with Gasteiger partial charge >= 0.3 is 5.97 Å². The third-order valence-electron chi connectivity index (χ3n) is 3.30. The molecule has 0 bridgehead atoms. The maximum Gasteiger partial charge on any atom is 0.341 e. The Labute approximate surface area is 121 Å². The highest BCUT2D eigenvalue weighted by Crippen LogP contribution is 2.14. The number of carbonyl (C=O) groups excluding carboxylic acids is 1. The van der Waals surface area contributed by atoms with E-state index in [1.165, 1.54) is 6.20 Å². The average Bonchev–Trinajstić information content (AvgIpc) is 2.38. The highest BCUT2D eigenvalue weighted by atomic mass is 16.5. The van der Waals surface area contributed by atoms with Gasteiger partial charge in [0.15, 0.2) is 0 Å². The molecule has 112 valence electrons. The highest BCUT2D eigenvalue weighted by Gasteiger charge is 2.14. The van der Waals surface area contributed by atoms with Crippen LogP contribution in [0.4, 0.5) is 5.95 Å². The van der Waals surface area contributed by atoms with Gasteiger partial charge in [-0.15, -0.1) is 0 Å². The van der Waals surface area contributed by atoms with E-state index in [-0.39, 0.29) is 5.97 Å². The summed E-state index contributed by atoms with van der Waals surface area (Å²) in [7, 11) is 0. The first kappa shape index (κ1) is 16.4. The van der Waals surface area contributed by atoms with E-state index in [0.717, 1.165) is 12.8 Å². The summed E-state index contributed by atoms with van der Waals surface area (Å²) in [5.41, 5.74) is 1.06. The molecule has 0 aliphatic heterocycles. The van der Waals surface area contributed by atoms with Crippen molar-refractivity contribution in [2.75, 3.05) is 11.9 Å². The molecule has 0 aliphatic rings. The van der Waals surface area contributed by atoms with Crippen molar-refractivity contribution in [3.05, 3.63) is 17.5 Å². The summed E-state index contributed by atoms with van der Waals surface area (Å²) < 4.78 is 4.96. The molecular weight excluding hydrogens is 254 g/mol. The van der Waals surface area contributed by atoms with Gasteiger partial charge in [0.2, 0.25) is 5.95 Å². The quantitative estimate of drug-likeness (QED) is 0.776. The normalized spacial score (nSPS) is 13.7. The first-order chi connectivity index (χ1) is 9.47. The fourth-order valence-corrected chi connectivity index (χ4v) is 2.00. The lowest BCUT2D eigenvalue weighted by molar-refractivity contribution is 0.0524. The Hall–Kier alpha value is -1.65. The SMILES string of the molecule is CCOC(=O)c1cnc(NC(C)CC(C)CC)nc1C. The van der Waals surface area contributed by atoms with Gasteiger partial charge in [-0.1, -0.05) is 20.3 Å². The topological polar surface area (TPSA) is 64.1 Å². The van der Waals surface area contributed by atoms with Gasteiger partial charge in [-0.3, -0.25) is 0 Å². The molecule has 5 nitrogen and oxygen atoms in total. The van der Waals surface area contributed by atoms with Gasteiger partial charge in [-0.25, -0.2) is 14.8 Å². The van der Waals surface area contributed by atoms with E-state index in [0.29, 0.717) is 35.8 Å². The number of carbonyl (C=O) groups is 1. The molecule has 1 heterocycles. The third-order valence-corrected chi connectivity index (χ3v) is 3.30. The van der Waals surface area contributed by atoms with Crippen molar-refractivity contribution in [3.8, 4) is 0 Å². The van der Waals surface area contributed by atoms with Crippen LogP contribution in [0.15, 0.2) is 6.20 Å². The van der Waals surface area contributed by atoms with E-state index in [1.807, 2.05) is 0 Å². The van der Waals surface area contributed by atoms with Crippen LogP contribution in [-0.4, -0.2) is 28.6 Å². The second-order valence-electron chi connectivity index (χ2n) is 5.21. The van der Waals surface area contributed by atoms with E-state index < -0.39 is 0 Å². The first-order valence-electron chi connectivity index (χ1n) is 7.25. The van der Waals surface area contributed by atoms with Gasteiger partial charge < -0.3 is 10.1 Å². The van der Waals surface area contributed by atoms with Gasteiger partial charge in [-0.05, 0) is 33.1 Å². The Morgan fingerprint density at radius 2 is 2.10 bits per heavy atom. The summed E-state index contributed by atoms with van der Waals surface area (Å²) in [5, 5.41) is 3.27. The molecule has 0 saturated carbocycles. The molecule has 0 spiro atoms. The molecule has 0 fully saturated rings. The zero-order chi connectivity index (χ0) is 15.1. The molecule has 0 aliphatic carbocycles. The van der Waals surface area contributed by atoms with E-state index in [9.17, 15) is 4.79 Å². The fraction of sp³-hybridized carbons (Fsp3) is 0.667. The Bertz CT molecular complexity index is 449. The van der Waals surface area contributed by atoms with Crippen LogP contribution >= 0.6 is 0 Å². The van der Waals surface area contributed by atoms with Crippen LogP contribution < -0.4 is 5.32 Å². The van der Waals surface area contributed by atoms with Gasteiger partial charge in [0.1, 0.15) is 0 Å². The molecule has 0 amide bonds. The lowest BCUT2D eigenvalue weighted by Crippen LogP contribution is -2.20. The standard InChI is InChI=1S/C15H25N3O2/c1-6-10(3)8-11(4)17-15-16-9-13(12(5)18-15)14(19)20-7-2/h9-11H,6-8H2,1-5H3,(H,16,17,18). The molecule has 20 heavy (non-hydrogen) atoms. The molecule has 5 heteroatoms. The van der Waals surface area contributed by atoms with Gasteiger partial charge in [0, 0.05) is 12.2 Å². The smallest absolute Gasteiger partial charge is 0.341 e. The van der Waals surface area contributed by atoms with Crippen LogP contribution in [0, 0.1) is 12.8 Å². The summed E-state index contributed by atoms with van der Waals surface area (Å²) in [6.45, 7) is 10.5. The van der Waals surface area contributed by atoms with Gasteiger partial charge in [0.05, 0.1) is 17.9 Å². The van der Waals surface area contributed by atoms with Crippen LogP contribution in [0.3, 0.4) is 0 Å². The van der Waals surface area contributed by atoms with E-state index >= 15 is 0 Å². The summed E-state index contributed by atoms with van der Waals surface area (Å²) in [6, 6.07) is 0.304. The Kier molecular flexibility index (Phi) is 6.42. The zero-order valence-electron chi connectivity index (χ0n) is 13.1. The summed E-state index contributed by atoms with van der Waals surface area (Å²) >= 11 is 0. The Morgan fingerprint density at radius 1 is 1.40 bits per heavy atom. The largest absolute Gasteiger partial charge is 0.462 e. The monoisotopic (exact) mass is 279 g/mol. The number of rotatable bonds is 7. The minimum atomic E-state index is -0.371. The van der Waals surface area contributed by atoms with Gasteiger partial charge in [0.25, 0.3) is 0 Å². The predicted octanol–water partition coefficient (Wildman–Crippen LogP) is 3.20. The number of nitrogens with one attached hydrogen (secondary N) is 1. The zero-order valence-corrected chi connectivity index (χ0v) is 13.1. The van der Waals surface area contributed by atoms with Crippen LogP contribution in [0.25, 0.3) is 0 Å². The second kappa shape index (κ2) is 7.82. The minimum absolute atomic E-state index is 0.304. The van der Waals surface area contributed by atoms with Crippen molar-refractivity contribution in [1.29, 1.82) is 0 Å². The van der Waals surface area contributed by atoms with Gasteiger partial charge in [-0.2, -0.15) is 0 Å². The van der Waals surface area contributed by atoms with E-state index in [1.54, 1.807) is 13.8 Å². The van der Waals surface area contributed by atoms with Crippen molar-refractivity contribution in [2.45, 2.75) is 53.5 Å². The molecule has 0 radical (unpaired) electrons. The molecule has 0 saturated heterocycles. The average molecular weight is 279 g/mol. The van der Waals surface area contributed by atoms with Crippen LogP contribution in [0.5, 0.6) is 0 Å². The Morgan fingerprint density at radius 3 is 2.65 bits per heavy atom. The third kappa shape index (κ3) is 4.79. The minimum Gasteiger partial charge on any atom is -0.462 e. The number of nitrogens with zero attached hydrogens (tertiary/aromatic N) is 2. The van der Waals surface area contributed by atoms with Crippen molar-refractivity contribution < 1.29 is 9.53 Å². The van der Waals surface area contributed by atoms with E-state index in [4.69, 9.17) is 4.74 Å². The molecular formula is C15H25N3O2. The lowest BCUT2D eigenvalue weighted by atomic mass is 10.0. The van der Waals surface area contributed by atoms with Crippen LogP contribution in [0.1, 0.15) is 56.6 Å². The number of hydrogen-bond acceptors (Lipinski definition) is 5. The maximum absolute atomic E-state index is 11.7. The molecule has 0 aromatic carbocycles. The van der Waals surface area contributed by atoms with E-state index in [2.05, 4.69) is 36.1 Å². The number of anilines is 1. The van der Waals surface area contributed by atoms with Crippen molar-refractivity contribution >= 4 is 11.9 Å². The van der Waals surface area contributed by atoms with Crippen LogP contribution in [-0.2, 0) is 4.74 Å². The fourth-order valence-electron chi connectivity index (χ4n) is 2.00. The highest BCUT2D eigenvalue weighted by molar-refractivity contribution is 5.90. The van der Waals surface area contributed by atoms with Crippen molar-refractivity contribution in [3.63, 3.8) is 0 Å². The number of aryl methyl sites for hydroxylation is 1. The number of hydrogen-bond donors (Lipinski definition) is 1. The number of esters is 1. The number of aromatic nitrogens is 2.